The van der Waals surface area contributed by atoms with Crippen molar-refractivity contribution in [2.45, 2.75) is 97.5 Å². The van der Waals surface area contributed by atoms with E-state index in [4.69, 9.17) is 14.6 Å². The Bertz CT molecular complexity index is 1080. The van der Waals surface area contributed by atoms with E-state index < -0.39 is 11.8 Å². The number of hydrogen-bond donors (Lipinski definition) is 1. The van der Waals surface area contributed by atoms with Crippen molar-refractivity contribution >= 4 is 5.97 Å². The second-order valence-electron chi connectivity index (χ2n) is 10.2. The Morgan fingerprint density at radius 2 is 1.38 bits per heavy atom. The van der Waals surface area contributed by atoms with Gasteiger partial charge in [-0.25, -0.2) is 9.18 Å². The molecule has 0 fully saturated rings. The van der Waals surface area contributed by atoms with Gasteiger partial charge in [0.25, 0.3) is 0 Å². The Morgan fingerprint density at radius 1 is 0.775 bits per heavy atom. The molecule has 0 saturated carbocycles. The molecule has 3 aromatic rings. The van der Waals surface area contributed by atoms with Crippen molar-refractivity contribution < 1.29 is 23.8 Å². The third-order valence-corrected chi connectivity index (χ3v) is 6.70. The number of hydrogen-bond acceptors (Lipinski definition) is 3. The number of benzene rings is 3. The summed E-state index contributed by atoms with van der Waals surface area (Å²) in [5, 5.41) is 8.74. The van der Waals surface area contributed by atoms with Gasteiger partial charge >= 0.3 is 5.97 Å². The van der Waals surface area contributed by atoms with Gasteiger partial charge in [0.1, 0.15) is 5.75 Å². The largest absolute Gasteiger partial charge is 0.494 e. The number of carbonyl (C=O) groups is 1. The molecule has 0 radical (unpaired) electrons. The molecule has 4 nitrogen and oxygen atoms in total. The highest BCUT2D eigenvalue weighted by Gasteiger charge is 2.12. The van der Waals surface area contributed by atoms with Crippen LogP contribution in [0.4, 0.5) is 4.39 Å². The summed E-state index contributed by atoms with van der Waals surface area (Å²) >= 11 is 0. The molecule has 1 atom stereocenters. The molecule has 0 heterocycles. The van der Waals surface area contributed by atoms with Crippen molar-refractivity contribution in [2.24, 2.45) is 0 Å². The quantitative estimate of drug-likeness (QED) is 0.170. The molecule has 0 amide bonds. The van der Waals surface area contributed by atoms with Crippen molar-refractivity contribution in [1.29, 1.82) is 0 Å². The number of ether oxygens (including phenoxy) is 2. The molecule has 5 heteroatoms. The smallest absolute Gasteiger partial charge is 0.335 e. The van der Waals surface area contributed by atoms with Crippen LogP contribution in [0.5, 0.6) is 11.5 Å². The zero-order chi connectivity index (χ0) is 29.0. The van der Waals surface area contributed by atoms with Gasteiger partial charge in [-0.3, -0.25) is 0 Å². The lowest BCUT2D eigenvalue weighted by molar-refractivity contribution is 0.0696. The minimum Gasteiger partial charge on any atom is -0.494 e. The van der Waals surface area contributed by atoms with Crippen LogP contribution < -0.4 is 9.47 Å². The van der Waals surface area contributed by atoms with Gasteiger partial charge in [0.05, 0.1) is 18.3 Å². The maximum absolute atomic E-state index is 13.6. The standard InChI is InChI=1S/C20H26O.C15H21FO3/c1-2-3-4-5-6-10-17-21-20-15-13-19(14-16-20)18-11-8-7-9-12-18;1-3-4-5-6-7-11(2)19-14-9-8-12(15(17)18)10-13(14)16/h7-9,11-16H,2-6,10,17H2,1H3;8-11H,3-7H2,1-2H3,(H,17,18). The number of rotatable bonds is 17. The first-order valence-electron chi connectivity index (χ1n) is 14.9. The molecule has 1 N–H and O–H groups in total. The number of carboxylic acids is 1. The van der Waals surface area contributed by atoms with E-state index in [1.54, 1.807) is 0 Å². The van der Waals surface area contributed by atoms with Gasteiger partial charge in [0.2, 0.25) is 0 Å². The first-order chi connectivity index (χ1) is 19.4. The summed E-state index contributed by atoms with van der Waals surface area (Å²) in [6.45, 7) is 7.13. The molecule has 0 aliphatic rings. The average molecular weight is 551 g/mol. The monoisotopic (exact) mass is 550 g/mol. The van der Waals surface area contributed by atoms with Gasteiger partial charge in [-0.15, -0.1) is 0 Å². The molecule has 218 valence electrons. The van der Waals surface area contributed by atoms with E-state index in [2.05, 4.69) is 62.4 Å². The third kappa shape index (κ3) is 13.1. The summed E-state index contributed by atoms with van der Waals surface area (Å²) in [5.41, 5.74) is 2.42. The molecule has 3 aromatic carbocycles. The maximum Gasteiger partial charge on any atom is 0.335 e. The van der Waals surface area contributed by atoms with Gasteiger partial charge in [-0.05, 0) is 67.6 Å². The minimum absolute atomic E-state index is 0.0676. The fourth-order valence-electron chi connectivity index (χ4n) is 4.31. The van der Waals surface area contributed by atoms with E-state index in [1.165, 1.54) is 68.2 Å². The lowest BCUT2D eigenvalue weighted by atomic mass is 10.1. The maximum atomic E-state index is 13.6. The first kappa shape index (κ1) is 32.9. The Kier molecular flexibility index (Phi) is 16.2. The van der Waals surface area contributed by atoms with Crippen molar-refractivity contribution in [3.63, 3.8) is 0 Å². The number of carboxylic acid groups (broad SMARTS) is 1. The van der Waals surface area contributed by atoms with E-state index in [0.717, 1.165) is 44.1 Å². The predicted molar refractivity (Wildman–Crippen MR) is 163 cm³/mol. The second kappa shape index (κ2) is 19.7. The minimum atomic E-state index is -1.14. The van der Waals surface area contributed by atoms with E-state index in [-0.39, 0.29) is 17.4 Å². The van der Waals surface area contributed by atoms with Gasteiger partial charge in [0.15, 0.2) is 11.6 Å². The van der Waals surface area contributed by atoms with Crippen LogP contribution in [0.2, 0.25) is 0 Å². The van der Waals surface area contributed by atoms with E-state index >= 15 is 0 Å². The predicted octanol–water partition coefficient (Wildman–Crippen LogP) is 10.4. The lowest BCUT2D eigenvalue weighted by Gasteiger charge is -2.15. The number of aromatic carboxylic acids is 1. The molecule has 0 saturated heterocycles. The Balaban J connectivity index is 0.000000282. The van der Waals surface area contributed by atoms with Crippen LogP contribution in [0.1, 0.15) is 102 Å². The molecule has 3 rings (SSSR count). The van der Waals surface area contributed by atoms with Crippen LogP contribution in [0.15, 0.2) is 72.8 Å². The van der Waals surface area contributed by atoms with Gasteiger partial charge in [-0.2, -0.15) is 0 Å². The highest BCUT2D eigenvalue weighted by molar-refractivity contribution is 5.87. The molecule has 0 aliphatic carbocycles. The summed E-state index contributed by atoms with van der Waals surface area (Å²) in [4.78, 5) is 10.7. The van der Waals surface area contributed by atoms with Crippen LogP contribution in [-0.4, -0.2) is 23.8 Å². The summed E-state index contributed by atoms with van der Waals surface area (Å²) in [5.74, 6) is -0.672. The van der Waals surface area contributed by atoms with E-state index in [0.29, 0.717) is 0 Å². The van der Waals surface area contributed by atoms with Crippen LogP contribution in [-0.2, 0) is 0 Å². The zero-order valence-electron chi connectivity index (χ0n) is 24.5. The molecular formula is C35H47FO4. The first-order valence-corrected chi connectivity index (χ1v) is 14.9. The zero-order valence-corrected chi connectivity index (χ0v) is 24.5. The molecule has 40 heavy (non-hydrogen) atoms. The molecule has 0 aromatic heterocycles. The van der Waals surface area contributed by atoms with Gasteiger partial charge < -0.3 is 14.6 Å². The van der Waals surface area contributed by atoms with Crippen LogP contribution >= 0.6 is 0 Å². The SMILES string of the molecule is CCCCCCC(C)Oc1ccc(C(=O)O)cc1F.CCCCCCCCOc1ccc(-c2ccccc2)cc1. The summed E-state index contributed by atoms with van der Waals surface area (Å²) in [7, 11) is 0. The third-order valence-electron chi connectivity index (χ3n) is 6.70. The fraction of sp³-hybridized carbons (Fsp3) is 0.457. The van der Waals surface area contributed by atoms with Gasteiger partial charge in [-0.1, -0.05) is 108 Å². The Hall–Kier alpha value is -3.34. The molecular weight excluding hydrogens is 503 g/mol. The van der Waals surface area contributed by atoms with Crippen molar-refractivity contribution in [1.82, 2.24) is 0 Å². The van der Waals surface area contributed by atoms with E-state index in [1.807, 2.05) is 13.0 Å². The van der Waals surface area contributed by atoms with Crippen molar-refractivity contribution in [3.8, 4) is 22.6 Å². The fourth-order valence-corrected chi connectivity index (χ4v) is 4.31. The normalized spacial score (nSPS) is 11.3. The average Bonchev–Trinajstić information content (AvgIpc) is 2.97. The molecule has 0 aliphatic heterocycles. The van der Waals surface area contributed by atoms with Crippen LogP contribution in [0.3, 0.4) is 0 Å². The van der Waals surface area contributed by atoms with Gasteiger partial charge in [0, 0.05) is 0 Å². The number of unbranched alkanes of at least 4 members (excludes halogenated alkanes) is 8. The lowest BCUT2D eigenvalue weighted by Crippen LogP contribution is -2.12. The Morgan fingerprint density at radius 3 is 2.00 bits per heavy atom. The number of halogens is 1. The van der Waals surface area contributed by atoms with Crippen molar-refractivity contribution in [2.75, 3.05) is 6.61 Å². The summed E-state index contributed by atoms with van der Waals surface area (Å²) in [6, 6.07) is 22.6. The van der Waals surface area contributed by atoms with Crippen molar-refractivity contribution in [3.05, 3.63) is 84.2 Å². The highest BCUT2D eigenvalue weighted by atomic mass is 19.1. The second-order valence-corrected chi connectivity index (χ2v) is 10.2. The molecule has 0 spiro atoms. The summed E-state index contributed by atoms with van der Waals surface area (Å²) < 4.78 is 24.9. The molecule has 0 bridgehead atoms. The molecule has 1 unspecified atom stereocenters. The van der Waals surface area contributed by atoms with Crippen LogP contribution in [0.25, 0.3) is 11.1 Å². The van der Waals surface area contributed by atoms with E-state index in [9.17, 15) is 9.18 Å². The summed E-state index contributed by atoms with van der Waals surface area (Å²) in [6.07, 6.45) is 13.2. The highest BCUT2D eigenvalue weighted by Crippen LogP contribution is 2.23. The van der Waals surface area contributed by atoms with Crippen LogP contribution in [0, 0.1) is 5.82 Å². The Labute approximate surface area is 240 Å². The topological polar surface area (TPSA) is 55.8 Å².